The van der Waals surface area contributed by atoms with Crippen molar-refractivity contribution in [3.05, 3.63) is 21.3 Å². The summed E-state index contributed by atoms with van der Waals surface area (Å²) in [4.78, 5) is 1.13. The summed E-state index contributed by atoms with van der Waals surface area (Å²) in [6, 6.07) is 3.79. The lowest BCUT2D eigenvalue weighted by Crippen LogP contribution is -1.90. The minimum absolute atomic E-state index is 0. The van der Waals surface area contributed by atoms with Crippen LogP contribution in [-0.4, -0.2) is 0 Å². The van der Waals surface area contributed by atoms with E-state index in [4.69, 9.17) is 17.3 Å². The van der Waals surface area contributed by atoms with Gasteiger partial charge in [0.2, 0.25) is 0 Å². The molecule has 1 aromatic heterocycles. The van der Waals surface area contributed by atoms with Crippen LogP contribution in [0.25, 0.3) is 0 Å². The molecule has 1 rings (SSSR count). The lowest BCUT2D eigenvalue weighted by Gasteiger charge is -1.80. The first kappa shape index (κ1) is 13.1. The third kappa shape index (κ3) is 3.64. The van der Waals surface area contributed by atoms with Crippen molar-refractivity contribution in [2.24, 2.45) is 5.73 Å². The van der Waals surface area contributed by atoms with Crippen LogP contribution in [0.3, 0.4) is 0 Å². The molecule has 0 atom stereocenters. The van der Waals surface area contributed by atoms with E-state index >= 15 is 0 Å². The summed E-state index contributed by atoms with van der Waals surface area (Å²) in [5.74, 6) is 0. The summed E-state index contributed by atoms with van der Waals surface area (Å²) >= 11 is 7.13. The third-order valence-electron chi connectivity index (χ3n) is 0.830. The summed E-state index contributed by atoms with van der Waals surface area (Å²) in [5, 5.41) is 0. The van der Waals surface area contributed by atoms with Gasteiger partial charge in [0.05, 0.1) is 4.34 Å². The number of halogens is 3. The van der Waals surface area contributed by atoms with Crippen LogP contribution in [0.2, 0.25) is 4.34 Å². The molecule has 0 saturated carbocycles. The van der Waals surface area contributed by atoms with E-state index in [1.165, 1.54) is 11.3 Å². The van der Waals surface area contributed by atoms with Crippen molar-refractivity contribution >= 4 is 47.8 Å². The van der Waals surface area contributed by atoms with Gasteiger partial charge in [0, 0.05) is 11.4 Å². The largest absolute Gasteiger partial charge is 0.326 e. The van der Waals surface area contributed by atoms with Crippen molar-refractivity contribution < 1.29 is 0 Å². The van der Waals surface area contributed by atoms with Gasteiger partial charge >= 0.3 is 0 Å². The summed E-state index contributed by atoms with van der Waals surface area (Å²) in [5.41, 5.74) is 5.31. The number of nitrogens with two attached hydrogens (primary N) is 1. The lowest BCUT2D eigenvalue weighted by atomic mass is 10.5. The van der Waals surface area contributed by atoms with Gasteiger partial charge in [-0.15, -0.1) is 36.2 Å². The van der Waals surface area contributed by atoms with Crippen molar-refractivity contribution in [1.29, 1.82) is 0 Å². The van der Waals surface area contributed by atoms with Crippen LogP contribution in [0.4, 0.5) is 0 Å². The van der Waals surface area contributed by atoms with Gasteiger partial charge in [0.1, 0.15) is 0 Å². The minimum atomic E-state index is 0. The molecular weight excluding hydrogens is 212 g/mol. The lowest BCUT2D eigenvalue weighted by molar-refractivity contribution is 1.11. The molecule has 60 valence electrons. The second-order valence-corrected chi connectivity index (χ2v) is 3.21. The fourth-order valence-electron chi connectivity index (χ4n) is 0.461. The minimum Gasteiger partial charge on any atom is -0.326 e. The van der Waals surface area contributed by atoms with Crippen LogP contribution in [-0.2, 0) is 6.54 Å². The molecule has 1 aromatic rings. The monoisotopic (exact) mass is 219 g/mol. The maximum Gasteiger partial charge on any atom is 0.0931 e. The third-order valence-corrected chi connectivity index (χ3v) is 2.08. The maximum atomic E-state index is 5.60. The highest BCUT2D eigenvalue weighted by Crippen LogP contribution is 2.20. The molecular formula is C5H8Cl3NS. The molecule has 0 fully saturated rings. The van der Waals surface area contributed by atoms with Gasteiger partial charge < -0.3 is 5.73 Å². The Bertz CT molecular complexity index is 177. The average molecular weight is 221 g/mol. The van der Waals surface area contributed by atoms with E-state index in [1.54, 1.807) is 0 Å². The topological polar surface area (TPSA) is 26.0 Å². The Hall–Kier alpha value is 0.530. The first-order valence-electron chi connectivity index (χ1n) is 2.27. The van der Waals surface area contributed by atoms with E-state index in [-0.39, 0.29) is 24.8 Å². The summed E-state index contributed by atoms with van der Waals surface area (Å²) in [6.45, 7) is 0.595. The van der Waals surface area contributed by atoms with Crippen LogP contribution < -0.4 is 5.73 Å². The Morgan fingerprint density at radius 2 is 2.00 bits per heavy atom. The highest BCUT2D eigenvalue weighted by Gasteiger charge is 1.91. The van der Waals surface area contributed by atoms with Crippen LogP contribution in [0.1, 0.15) is 4.88 Å². The van der Waals surface area contributed by atoms with Crippen molar-refractivity contribution in [2.45, 2.75) is 6.54 Å². The zero-order valence-electron chi connectivity index (χ0n) is 5.04. The molecule has 0 spiro atoms. The molecule has 0 radical (unpaired) electrons. The second-order valence-electron chi connectivity index (χ2n) is 1.41. The molecule has 0 aliphatic carbocycles. The van der Waals surface area contributed by atoms with Crippen molar-refractivity contribution in [3.8, 4) is 0 Å². The number of hydrogen-bond donors (Lipinski definition) is 1. The maximum absolute atomic E-state index is 5.60. The van der Waals surface area contributed by atoms with Crippen LogP contribution in [0, 0.1) is 0 Å². The fourth-order valence-corrected chi connectivity index (χ4v) is 1.43. The highest BCUT2D eigenvalue weighted by atomic mass is 35.5. The fraction of sp³-hybridized carbons (Fsp3) is 0.200. The van der Waals surface area contributed by atoms with Crippen molar-refractivity contribution in [2.75, 3.05) is 0 Å². The Balaban J connectivity index is 0. The molecule has 0 saturated heterocycles. The van der Waals surface area contributed by atoms with E-state index < -0.39 is 0 Å². The van der Waals surface area contributed by atoms with Gasteiger partial charge in [-0.05, 0) is 12.1 Å². The van der Waals surface area contributed by atoms with E-state index in [0.29, 0.717) is 6.54 Å². The van der Waals surface area contributed by atoms with Crippen molar-refractivity contribution in [3.63, 3.8) is 0 Å². The summed E-state index contributed by atoms with van der Waals surface area (Å²) in [7, 11) is 0. The molecule has 1 nitrogen and oxygen atoms in total. The normalized spacial score (nSPS) is 7.80. The summed E-state index contributed by atoms with van der Waals surface area (Å²) < 4.78 is 0.811. The van der Waals surface area contributed by atoms with Gasteiger partial charge in [-0.25, -0.2) is 0 Å². The number of rotatable bonds is 1. The predicted octanol–water partition coefficient (Wildman–Crippen LogP) is 2.70. The Labute approximate surface area is 81.4 Å². The van der Waals surface area contributed by atoms with Gasteiger partial charge in [-0.3, -0.25) is 0 Å². The molecule has 2 N–H and O–H groups in total. The molecule has 1 heterocycles. The first-order valence-corrected chi connectivity index (χ1v) is 3.46. The zero-order valence-corrected chi connectivity index (χ0v) is 8.25. The quantitative estimate of drug-likeness (QED) is 0.774. The number of thiophene rings is 1. The molecule has 0 amide bonds. The zero-order chi connectivity index (χ0) is 5.98. The smallest absolute Gasteiger partial charge is 0.0931 e. The second kappa shape index (κ2) is 6.25. The molecule has 0 aromatic carbocycles. The Morgan fingerprint density at radius 3 is 2.20 bits per heavy atom. The van der Waals surface area contributed by atoms with E-state index in [1.807, 2.05) is 12.1 Å². The van der Waals surface area contributed by atoms with Crippen LogP contribution >= 0.6 is 47.8 Å². The van der Waals surface area contributed by atoms with E-state index in [0.717, 1.165) is 9.21 Å². The molecule has 10 heavy (non-hydrogen) atoms. The molecule has 0 bridgehead atoms. The number of hydrogen-bond acceptors (Lipinski definition) is 2. The van der Waals surface area contributed by atoms with E-state index in [2.05, 4.69) is 0 Å². The van der Waals surface area contributed by atoms with Gasteiger partial charge in [-0.1, -0.05) is 11.6 Å². The Morgan fingerprint density at radius 1 is 1.40 bits per heavy atom. The van der Waals surface area contributed by atoms with Gasteiger partial charge in [0.15, 0.2) is 0 Å². The molecule has 0 unspecified atom stereocenters. The molecule has 5 heteroatoms. The summed E-state index contributed by atoms with van der Waals surface area (Å²) in [6.07, 6.45) is 0. The first-order chi connectivity index (χ1) is 3.83. The van der Waals surface area contributed by atoms with Crippen molar-refractivity contribution in [1.82, 2.24) is 0 Å². The van der Waals surface area contributed by atoms with Gasteiger partial charge in [0.25, 0.3) is 0 Å². The molecule has 0 aliphatic rings. The highest BCUT2D eigenvalue weighted by molar-refractivity contribution is 7.16. The van der Waals surface area contributed by atoms with E-state index in [9.17, 15) is 0 Å². The average Bonchev–Trinajstić information content (AvgIpc) is 2.14. The molecule has 0 aliphatic heterocycles. The van der Waals surface area contributed by atoms with Crippen LogP contribution in [0.15, 0.2) is 12.1 Å². The van der Waals surface area contributed by atoms with Crippen LogP contribution in [0.5, 0.6) is 0 Å². The van der Waals surface area contributed by atoms with Gasteiger partial charge in [-0.2, -0.15) is 0 Å². The Kier molecular flexibility index (Phi) is 8.22. The predicted molar refractivity (Wildman–Crippen MR) is 51.7 cm³/mol. The SMILES string of the molecule is Cl.Cl.NCc1ccc(Cl)s1. The standard InChI is InChI=1S/C5H6ClNS.2ClH/c6-5-2-1-4(3-7)8-5;;/h1-2H,3,7H2;2*1H.